The Morgan fingerprint density at radius 2 is 1.36 bits per heavy atom. The molecule has 3 aromatic rings. The minimum absolute atomic E-state index is 0.0222. The Kier molecular flexibility index (Phi) is 10.8. The molecule has 0 unspecified atom stereocenters. The second kappa shape index (κ2) is 16.9. The van der Waals surface area contributed by atoms with Crippen molar-refractivity contribution < 1.29 is 46.4 Å². The number of aliphatic carboxylic acids is 3. The largest absolute Gasteiger partial charge is 0.492 e. The summed E-state index contributed by atoms with van der Waals surface area (Å²) in [6, 6.07) is 14.9. The van der Waals surface area contributed by atoms with E-state index in [4.69, 9.17) is 43.6 Å². The molecule has 4 N–H and O–H groups in total. The molecule has 0 radical (unpaired) electrons. The second-order valence-electron chi connectivity index (χ2n) is 8.93. The molecule has 42 heavy (non-hydrogen) atoms. The minimum atomic E-state index is -2.74. The lowest BCUT2D eigenvalue weighted by Crippen LogP contribution is -2.42. The van der Waals surface area contributed by atoms with Gasteiger partial charge in [0.1, 0.15) is 12.4 Å². The van der Waals surface area contributed by atoms with Crippen LogP contribution in [0.1, 0.15) is 50.2 Å². The highest BCUT2D eigenvalue weighted by Gasteiger charge is 2.40. The molecule has 0 amide bonds. The molecule has 0 aliphatic rings. The molecule has 0 bridgehead atoms. The van der Waals surface area contributed by atoms with Crippen molar-refractivity contribution in [2.75, 3.05) is 26.2 Å². The van der Waals surface area contributed by atoms with Crippen LogP contribution in [0.25, 0.3) is 10.6 Å². The number of rotatable bonds is 14. The topological polar surface area (TPSA) is 145 Å². The van der Waals surface area contributed by atoms with Gasteiger partial charge in [-0.1, -0.05) is 98.1 Å². The Morgan fingerprint density at radius 3 is 1.83 bits per heavy atom. The molecule has 0 saturated carbocycles. The van der Waals surface area contributed by atoms with Gasteiger partial charge in [0, 0.05) is 12.1 Å². The molecule has 0 aliphatic carbocycles. The first-order valence-corrected chi connectivity index (χ1v) is 13.3. The fourth-order valence-corrected chi connectivity index (χ4v) is 4.09. The molecule has 9 nitrogen and oxygen atoms in total. The van der Waals surface area contributed by atoms with Crippen molar-refractivity contribution in [1.29, 1.82) is 0 Å². The molecule has 224 valence electrons. The van der Waals surface area contributed by atoms with Gasteiger partial charge in [0.05, 0.1) is 24.7 Å². The summed E-state index contributed by atoms with van der Waals surface area (Å²) in [7, 11) is 0. The Balaban J connectivity index is 0.000000500. The first-order valence-electron chi connectivity index (χ1n) is 15.4. The van der Waals surface area contributed by atoms with Gasteiger partial charge in [-0.05, 0) is 41.9 Å². The van der Waals surface area contributed by atoms with Crippen molar-refractivity contribution in [2.24, 2.45) is 0 Å². The number of carboxylic acids is 3. The molecule has 0 atom stereocenters. The SMILES string of the molecule is O=C(O)CC(O)(CC(=O)O)C(=O)O.[2H]c1c([2H])c([2H])c(/C(Cl)=C(/c2ccccc2)c2ccc(OCCN(CC)CC)cc2)c([2H])c1[2H]. The Labute approximate surface area is 257 Å². The number of hydrogen-bond acceptors (Lipinski definition) is 6. The normalized spacial score (nSPS) is 13.3. The molecule has 0 aliphatic heterocycles. The third kappa shape index (κ3) is 10.7. The van der Waals surface area contributed by atoms with E-state index in [-0.39, 0.29) is 22.7 Å². The highest BCUT2D eigenvalue weighted by molar-refractivity contribution is 6.53. The molecule has 10 heteroatoms. The molecule has 0 spiro atoms. The summed E-state index contributed by atoms with van der Waals surface area (Å²) in [6.45, 7) is 7.60. The van der Waals surface area contributed by atoms with E-state index in [0.29, 0.717) is 12.2 Å². The lowest BCUT2D eigenvalue weighted by molar-refractivity contribution is -0.170. The van der Waals surface area contributed by atoms with Gasteiger partial charge in [0.2, 0.25) is 0 Å². The molecule has 0 heterocycles. The zero-order valence-electron chi connectivity index (χ0n) is 28.2. The van der Waals surface area contributed by atoms with Crippen LogP contribution in [-0.2, 0) is 14.4 Å². The van der Waals surface area contributed by atoms with Crippen molar-refractivity contribution in [3.05, 3.63) is 101 Å². The Morgan fingerprint density at radius 1 is 0.833 bits per heavy atom. The summed E-state index contributed by atoms with van der Waals surface area (Å²) in [6.07, 6.45) is -2.29. The highest BCUT2D eigenvalue weighted by Crippen LogP contribution is 2.35. The third-order valence-corrected chi connectivity index (χ3v) is 6.38. The maximum Gasteiger partial charge on any atom is 0.336 e. The lowest BCUT2D eigenvalue weighted by atomic mass is 9.95. The smallest absolute Gasteiger partial charge is 0.336 e. The van der Waals surface area contributed by atoms with Gasteiger partial charge >= 0.3 is 17.9 Å². The minimum Gasteiger partial charge on any atom is -0.492 e. The van der Waals surface area contributed by atoms with Gasteiger partial charge < -0.3 is 30.1 Å². The van der Waals surface area contributed by atoms with E-state index in [2.05, 4.69) is 18.7 Å². The van der Waals surface area contributed by atoms with Crippen molar-refractivity contribution >= 4 is 40.1 Å². The van der Waals surface area contributed by atoms with Crippen LogP contribution in [0.5, 0.6) is 5.75 Å². The predicted octanol–water partition coefficient (Wildman–Crippen LogP) is 5.31. The Hall–Kier alpha value is -4.18. The summed E-state index contributed by atoms with van der Waals surface area (Å²) < 4.78 is 46.5. The molecular weight excluding hydrogens is 562 g/mol. The van der Waals surface area contributed by atoms with Gasteiger partial charge in [-0.15, -0.1) is 0 Å². The fraction of sp³-hybridized carbons (Fsp3) is 0.281. The van der Waals surface area contributed by atoms with Crippen LogP contribution in [-0.4, -0.2) is 75.1 Å². The summed E-state index contributed by atoms with van der Waals surface area (Å²) in [5, 5.41) is 33.9. The van der Waals surface area contributed by atoms with Crippen LogP contribution < -0.4 is 4.74 Å². The van der Waals surface area contributed by atoms with Crippen LogP contribution in [0.15, 0.2) is 84.8 Å². The van der Waals surface area contributed by atoms with Crippen molar-refractivity contribution in [3.63, 3.8) is 0 Å². The average Bonchev–Trinajstić information content (AvgIpc) is 3.02. The van der Waals surface area contributed by atoms with Crippen LogP contribution in [0.2, 0.25) is 0 Å². The molecule has 0 saturated heterocycles. The second-order valence-corrected chi connectivity index (χ2v) is 9.31. The molecular formula is C32H36ClNO8. The number of carboxylic acid groups (broad SMARTS) is 3. The molecule has 3 rings (SSSR count). The molecule has 0 fully saturated rings. The monoisotopic (exact) mass is 602 g/mol. The maximum atomic E-state index is 10.3. The summed E-state index contributed by atoms with van der Waals surface area (Å²) in [4.78, 5) is 32.8. The number of ether oxygens (including phenoxy) is 1. The quantitative estimate of drug-likeness (QED) is 0.180. The van der Waals surface area contributed by atoms with E-state index in [1.165, 1.54) is 0 Å². The number of benzene rings is 3. The van der Waals surface area contributed by atoms with Gasteiger partial charge in [-0.3, -0.25) is 9.59 Å². The maximum absolute atomic E-state index is 10.3. The standard InChI is InChI=1S/C26H28ClNO.C6H8O7/c1-3-28(4-2)19-20-29-24-17-15-22(16-18-24)25(21-11-7-5-8-12-21)26(27)23-13-9-6-10-14-23;7-3(8)1-6(13,5(11)12)2-4(9)10/h5-18H,3-4,19-20H2,1-2H3;13H,1-2H2,(H,7,8)(H,9,10)(H,11,12)/b26-25+;/i6D,9D,10D,13D,14D;. The zero-order chi connectivity index (χ0) is 35.5. The zero-order valence-corrected chi connectivity index (χ0v) is 23.9. The number of carbonyl (C=O) groups is 3. The van der Waals surface area contributed by atoms with Crippen molar-refractivity contribution in [3.8, 4) is 5.75 Å². The first kappa shape index (κ1) is 26.7. The lowest BCUT2D eigenvalue weighted by Gasteiger charge is -2.18. The van der Waals surface area contributed by atoms with E-state index < -0.39 is 54.5 Å². The van der Waals surface area contributed by atoms with E-state index >= 15 is 0 Å². The van der Waals surface area contributed by atoms with Gasteiger partial charge in [0.25, 0.3) is 0 Å². The van der Waals surface area contributed by atoms with E-state index in [1.54, 1.807) is 0 Å². The summed E-state index contributed by atoms with van der Waals surface area (Å²) >= 11 is 6.81. The van der Waals surface area contributed by atoms with E-state index in [9.17, 15) is 14.4 Å². The van der Waals surface area contributed by atoms with Crippen molar-refractivity contribution in [2.45, 2.75) is 32.3 Å². The van der Waals surface area contributed by atoms with E-state index in [1.807, 2.05) is 54.6 Å². The summed E-state index contributed by atoms with van der Waals surface area (Å²) in [5.74, 6) is -4.29. The van der Waals surface area contributed by atoms with Crippen molar-refractivity contribution in [1.82, 2.24) is 4.90 Å². The van der Waals surface area contributed by atoms with Gasteiger partial charge in [-0.2, -0.15) is 0 Å². The Bertz CT molecular complexity index is 1550. The van der Waals surface area contributed by atoms with Crippen LogP contribution >= 0.6 is 11.6 Å². The predicted molar refractivity (Wildman–Crippen MR) is 161 cm³/mol. The van der Waals surface area contributed by atoms with E-state index in [0.717, 1.165) is 36.5 Å². The van der Waals surface area contributed by atoms with Crippen LogP contribution in [0, 0.1) is 0 Å². The number of nitrogens with zero attached hydrogens (tertiary/aromatic N) is 1. The first-order chi connectivity index (χ1) is 22.1. The number of hydrogen-bond donors (Lipinski definition) is 4. The number of likely N-dealkylation sites (N-methyl/N-ethyl adjacent to an activating group) is 1. The van der Waals surface area contributed by atoms with Gasteiger partial charge in [-0.25, -0.2) is 4.79 Å². The highest BCUT2D eigenvalue weighted by atomic mass is 35.5. The fourth-order valence-electron chi connectivity index (χ4n) is 3.77. The van der Waals surface area contributed by atoms with Crippen LogP contribution in [0.3, 0.4) is 0 Å². The third-order valence-electron chi connectivity index (χ3n) is 6.00. The summed E-state index contributed by atoms with van der Waals surface area (Å²) in [5.41, 5.74) is -0.660. The average molecular weight is 603 g/mol. The number of aliphatic hydroxyl groups is 1. The number of halogens is 1. The van der Waals surface area contributed by atoms with Crippen LogP contribution in [0.4, 0.5) is 0 Å². The van der Waals surface area contributed by atoms with Gasteiger partial charge in [0.15, 0.2) is 5.60 Å². The molecule has 3 aromatic carbocycles. The molecule has 0 aromatic heterocycles.